The highest BCUT2D eigenvalue weighted by molar-refractivity contribution is 7.98. The molecule has 3 aromatic rings. The summed E-state index contributed by atoms with van der Waals surface area (Å²) in [6.07, 6.45) is 7.51. The largest absolute Gasteiger partial charge is 0.368 e. The van der Waals surface area contributed by atoms with Gasteiger partial charge in [0.15, 0.2) is 5.16 Å². The Labute approximate surface area is 177 Å². The van der Waals surface area contributed by atoms with Crippen molar-refractivity contribution < 1.29 is 0 Å². The highest BCUT2D eigenvalue weighted by atomic mass is 32.2. The summed E-state index contributed by atoms with van der Waals surface area (Å²) in [5.41, 5.74) is 12.7. The van der Waals surface area contributed by atoms with E-state index < -0.39 is 0 Å². The number of nitrogens with two attached hydrogens (primary N) is 2. The smallest absolute Gasteiger partial charge is 0.263 e. The van der Waals surface area contributed by atoms with Gasteiger partial charge in [0.05, 0.1) is 11.1 Å². The summed E-state index contributed by atoms with van der Waals surface area (Å²) < 4.78 is 1.83. The molecule has 1 aliphatic carbocycles. The Bertz CT molecular complexity index is 1070. The lowest BCUT2D eigenvalue weighted by atomic mass is 9.97. The molecule has 4 N–H and O–H groups in total. The van der Waals surface area contributed by atoms with Gasteiger partial charge in [-0.25, -0.2) is 4.98 Å². The van der Waals surface area contributed by atoms with Gasteiger partial charge in [-0.15, -0.1) is 11.3 Å². The number of anilines is 2. The molecule has 29 heavy (non-hydrogen) atoms. The monoisotopic (exact) mass is 431 g/mol. The first-order valence-corrected chi connectivity index (χ1v) is 11.8. The zero-order valence-electron chi connectivity index (χ0n) is 16.5. The summed E-state index contributed by atoms with van der Waals surface area (Å²) in [5.74, 6) is 1.11. The highest BCUT2D eigenvalue weighted by Gasteiger charge is 2.22. The summed E-state index contributed by atoms with van der Waals surface area (Å²) in [6.45, 7) is 2.83. The van der Waals surface area contributed by atoms with E-state index in [0.29, 0.717) is 23.3 Å². The SMILES string of the molecule is CCCCCn1c(SCc2nc(N)nc(N)n2)nc2sc3c(c2c1=O)CCCC3. The first-order valence-electron chi connectivity index (χ1n) is 10.0. The van der Waals surface area contributed by atoms with Crippen LogP contribution in [0.4, 0.5) is 11.9 Å². The van der Waals surface area contributed by atoms with E-state index in [1.165, 1.54) is 28.6 Å². The minimum atomic E-state index is 0.0858. The Morgan fingerprint density at radius 3 is 2.59 bits per heavy atom. The maximum atomic E-state index is 13.4. The molecule has 0 aliphatic heterocycles. The molecule has 0 bridgehead atoms. The molecular weight excluding hydrogens is 406 g/mol. The first kappa shape index (κ1) is 20.1. The van der Waals surface area contributed by atoms with Gasteiger partial charge in [-0.1, -0.05) is 31.5 Å². The molecule has 1 aliphatic rings. The van der Waals surface area contributed by atoms with E-state index in [1.54, 1.807) is 11.3 Å². The van der Waals surface area contributed by atoms with Crippen LogP contribution in [-0.2, 0) is 25.1 Å². The Kier molecular flexibility index (Phi) is 6.00. The number of aromatic nitrogens is 5. The predicted molar refractivity (Wildman–Crippen MR) is 118 cm³/mol. The second kappa shape index (κ2) is 8.66. The molecule has 3 heterocycles. The molecule has 0 fully saturated rings. The van der Waals surface area contributed by atoms with Crippen LogP contribution in [0.15, 0.2) is 9.95 Å². The maximum absolute atomic E-state index is 13.4. The fourth-order valence-electron chi connectivity index (χ4n) is 3.70. The maximum Gasteiger partial charge on any atom is 0.263 e. The molecule has 0 spiro atoms. The molecule has 0 aromatic carbocycles. The van der Waals surface area contributed by atoms with E-state index in [2.05, 4.69) is 21.9 Å². The molecule has 4 rings (SSSR count). The van der Waals surface area contributed by atoms with Crippen molar-refractivity contribution in [3.8, 4) is 0 Å². The van der Waals surface area contributed by atoms with E-state index in [0.717, 1.165) is 48.7 Å². The van der Waals surface area contributed by atoms with Gasteiger partial charge in [0.25, 0.3) is 5.56 Å². The van der Waals surface area contributed by atoms with Gasteiger partial charge < -0.3 is 11.5 Å². The van der Waals surface area contributed by atoms with Gasteiger partial charge >= 0.3 is 0 Å². The molecule has 8 nitrogen and oxygen atoms in total. The number of hydrogen-bond donors (Lipinski definition) is 2. The number of thiophene rings is 1. The Morgan fingerprint density at radius 2 is 1.83 bits per heavy atom. The summed E-state index contributed by atoms with van der Waals surface area (Å²) >= 11 is 3.12. The fourth-order valence-corrected chi connectivity index (χ4v) is 5.88. The van der Waals surface area contributed by atoms with Crippen molar-refractivity contribution in [2.75, 3.05) is 11.5 Å². The Hall–Kier alpha value is -2.20. The third-order valence-corrected chi connectivity index (χ3v) is 7.23. The standard InChI is InChI=1S/C19H25N7OS2/c1-2-3-6-9-26-16(27)14-11-7-4-5-8-12(11)29-15(14)24-19(26)28-10-13-22-17(20)25-18(21)23-13/h2-10H2,1H3,(H4,20,21,22,23,25). The molecule has 10 heteroatoms. The second-order valence-electron chi connectivity index (χ2n) is 7.21. The molecule has 0 atom stereocenters. The van der Waals surface area contributed by atoms with Gasteiger partial charge in [-0.05, 0) is 37.7 Å². The Morgan fingerprint density at radius 1 is 1.07 bits per heavy atom. The van der Waals surface area contributed by atoms with Gasteiger partial charge in [0, 0.05) is 11.4 Å². The highest BCUT2D eigenvalue weighted by Crippen LogP contribution is 2.35. The van der Waals surface area contributed by atoms with Crippen LogP contribution in [0.2, 0.25) is 0 Å². The normalized spacial score (nSPS) is 13.7. The third-order valence-electron chi connectivity index (χ3n) is 5.07. The second-order valence-corrected chi connectivity index (χ2v) is 9.23. The molecule has 0 saturated heterocycles. The number of unbranched alkanes of at least 4 members (excludes halogenated alkanes) is 2. The van der Waals surface area contributed by atoms with Crippen LogP contribution in [0.1, 0.15) is 55.3 Å². The number of fused-ring (bicyclic) bond motifs is 3. The van der Waals surface area contributed by atoms with Crippen LogP contribution < -0.4 is 17.0 Å². The molecule has 0 amide bonds. The van der Waals surface area contributed by atoms with E-state index >= 15 is 0 Å². The van der Waals surface area contributed by atoms with Crippen LogP contribution in [0.25, 0.3) is 10.2 Å². The minimum absolute atomic E-state index is 0.0858. The van der Waals surface area contributed by atoms with Crippen LogP contribution in [-0.4, -0.2) is 24.5 Å². The summed E-state index contributed by atoms with van der Waals surface area (Å²) in [4.78, 5) is 32.6. The van der Waals surface area contributed by atoms with Crippen molar-refractivity contribution in [3.63, 3.8) is 0 Å². The lowest BCUT2D eigenvalue weighted by Crippen LogP contribution is -2.24. The van der Waals surface area contributed by atoms with E-state index in [4.69, 9.17) is 16.5 Å². The Balaban J connectivity index is 1.72. The molecule has 3 aromatic heterocycles. The minimum Gasteiger partial charge on any atom is -0.368 e. The quantitative estimate of drug-likeness (QED) is 0.332. The average molecular weight is 432 g/mol. The predicted octanol–water partition coefficient (Wildman–Crippen LogP) is 3.17. The molecule has 0 saturated carbocycles. The number of nitrogens with zero attached hydrogens (tertiary/aromatic N) is 5. The van der Waals surface area contributed by atoms with Crippen molar-refractivity contribution in [2.45, 2.75) is 69.3 Å². The van der Waals surface area contributed by atoms with E-state index in [9.17, 15) is 4.79 Å². The van der Waals surface area contributed by atoms with Crippen molar-refractivity contribution in [3.05, 3.63) is 26.6 Å². The van der Waals surface area contributed by atoms with Gasteiger partial charge in [-0.2, -0.15) is 15.0 Å². The third kappa shape index (κ3) is 4.23. The topological polar surface area (TPSA) is 126 Å². The van der Waals surface area contributed by atoms with E-state index in [1.807, 2.05) is 4.57 Å². The molecular formula is C19H25N7OS2. The summed E-state index contributed by atoms with van der Waals surface area (Å²) in [5, 5.41) is 1.54. The van der Waals surface area contributed by atoms with Crippen molar-refractivity contribution in [2.24, 2.45) is 0 Å². The number of thioether (sulfide) groups is 1. The first-order chi connectivity index (χ1) is 14.1. The molecule has 0 unspecified atom stereocenters. The van der Waals surface area contributed by atoms with Crippen LogP contribution in [0.3, 0.4) is 0 Å². The average Bonchev–Trinajstić information content (AvgIpc) is 3.06. The molecule has 154 valence electrons. The van der Waals surface area contributed by atoms with Crippen molar-refractivity contribution >= 4 is 45.2 Å². The zero-order valence-corrected chi connectivity index (χ0v) is 18.1. The summed E-state index contributed by atoms with van der Waals surface area (Å²) in [7, 11) is 0. The number of rotatable bonds is 7. The van der Waals surface area contributed by atoms with Crippen molar-refractivity contribution in [1.29, 1.82) is 0 Å². The van der Waals surface area contributed by atoms with Crippen LogP contribution in [0, 0.1) is 0 Å². The molecule has 0 radical (unpaired) electrons. The van der Waals surface area contributed by atoms with Gasteiger partial charge in [0.1, 0.15) is 10.7 Å². The number of nitrogen functional groups attached to an aromatic ring is 2. The van der Waals surface area contributed by atoms with Gasteiger partial charge in [0.2, 0.25) is 11.9 Å². The van der Waals surface area contributed by atoms with Gasteiger partial charge in [-0.3, -0.25) is 9.36 Å². The lowest BCUT2D eigenvalue weighted by molar-refractivity contribution is 0.541. The van der Waals surface area contributed by atoms with Crippen LogP contribution in [0.5, 0.6) is 0 Å². The van der Waals surface area contributed by atoms with Crippen molar-refractivity contribution in [1.82, 2.24) is 24.5 Å². The number of aryl methyl sites for hydroxylation is 2. The zero-order chi connectivity index (χ0) is 20.4. The summed E-state index contributed by atoms with van der Waals surface area (Å²) in [6, 6.07) is 0. The number of hydrogen-bond acceptors (Lipinski definition) is 9. The lowest BCUT2D eigenvalue weighted by Gasteiger charge is -2.13. The van der Waals surface area contributed by atoms with Crippen LogP contribution >= 0.6 is 23.1 Å². The fraction of sp³-hybridized carbons (Fsp3) is 0.526. The van der Waals surface area contributed by atoms with E-state index in [-0.39, 0.29) is 17.5 Å².